The fourth-order valence-electron chi connectivity index (χ4n) is 1.20. The molecule has 3 N–H and O–H groups in total. The molecule has 0 unspecified atom stereocenters. The highest BCUT2D eigenvalue weighted by Crippen LogP contribution is 2.32. The van der Waals surface area contributed by atoms with Gasteiger partial charge >= 0.3 is 0 Å². The van der Waals surface area contributed by atoms with E-state index < -0.39 is 0 Å². The van der Waals surface area contributed by atoms with Crippen LogP contribution in [0.1, 0.15) is 12.8 Å². The Morgan fingerprint density at radius 1 is 1.54 bits per heavy atom. The van der Waals surface area contributed by atoms with Crippen molar-refractivity contribution >= 4 is 27.3 Å². The minimum atomic E-state index is 0.704. The first kappa shape index (κ1) is 8.81. The van der Waals surface area contributed by atoms with Crippen molar-refractivity contribution in [1.82, 2.24) is 4.98 Å². The maximum atomic E-state index is 5.77. The third kappa shape index (κ3) is 2.12. The molecule has 1 saturated carbocycles. The smallest absolute Gasteiger partial charge is 0.0750 e. The molecule has 70 valence electrons. The molecule has 0 spiro atoms. The lowest BCUT2D eigenvalue weighted by Gasteiger charge is -2.09. The van der Waals surface area contributed by atoms with E-state index in [4.69, 9.17) is 5.73 Å². The van der Waals surface area contributed by atoms with Crippen LogP contribution in [-0.2, 0) is 0 Å². The van der Waals surface area contributed by atoms with Crippen LogP contribution in [0.15, 0.2) is 16.9 Å². The van der Waals surface area contributed by atoms with Crippen LogP contribution in [0.3, 0.4) is 0 Å². The second kappa shape index (κ2) is 3.54. The molecule has 1 fully saturated rings. The number of hydrogen-bond acceptors (Lipinski definition) is 3. The van der Waals surface area contributed by atoms with Gasteiger partial charge in [0.1, 0.15) is 0 Å². The monoisotopic (exact) mass is 241 g/mol. The largest absolute Gasteiger partial charge is 0.396 e. The number of nitrogen functional groups attached to an aromatic ring is 1. The van der Waals surface area contributed by atoms with E-state index in [1.807, 2.05) is 0 Å². The Labute approximate surface area is 85.9 Å². The van der Waals surface area contributed by atoms with Gasteiger partial charge < -0.3 is 11.1 Å². The predicted octanol–water partition coefficient (Wildman–Crippen LogP) is 2.25. The number of anilines is 2. The van der Waals surface area contributed by atoms with E-state index >= 15 is 0 Å². The SMILES string of the molecule is Nc1cncc(Br)c1NCC1CC1. The molecule has 1 aromatic heterocycles. The molecular formula is C9H12BrN3. The molecule has 4 heteroatoms. The summed E-state index contributed by atoms with van der Waals surface area (Å²) in [5.41, 5.74) is 7.45. The minimum Gasteiger partial charge on any atom is -0.396 e. The quantitative estimate of drug-likeness (QED) is 0.854. The zero-order valence-corrected chi connectivity index (χ0v) is 8.84. The molecule has 0 aliphatic heterocycles. The number of aromatic nitrogens is 1. The molecule has 1 aliphatic carbocycles. The first-order valence-electron chi connectivity index (χ1n) is 4.40. The van der Waals surface area contributed by atoms with Crippen LogP contribution >= 0.6 is 15.9 Å². The fraction of sp³-hybridized carbons (Fsp3) is 0.444. The molecule has 0 aromatic carbocycles. The number of hydrogen-bond donors (Lipinski definition) is 2. The second-order valence-electron chi connectivity index (χ2n) is 3.41. The van der Waals surface area contributed by atoms with E-state index in [1.165, 1.54) is 12.8 Å². The fourth-order valence-corrected chi connectivity index (χ4v) is 1.69. The van der Waals surface area contributed by atoms with E-state index in [0.29, 0.717) is 5.69 Å². The van der Waals surface area contributed by atoms with E-state index in [1.54, 1.807) is 12.4 Å². The maximum absolute atomic E-state index is 5.77. The Balaban J connectivity index is 2.07. The molecule has 3 nitrogen and oxygen atoms in total. The van der Waals surface area contributed by atoms with Crippen molar-refractivity contribution in [3.63, 3.8) is 0 Å². The van der Waals surface area contributed by atoms with Crippen LogP contribution in [0.2, 0.25) is 0 Å². The zero-order valence-electron chi connectivity index (χ0n) is 7.26. The van der Waals surface area contributed by atoms with Gasteiger partial charge in [0.25, 0.3) is 0 Å². The average molecular weight is 242 g/mol. The number of nitrogens with two attached hydrogens (primary N) is 1. The Kier molecular flexibility index (Phi) is 2.40. The molecule has 0 saturated heterocycles. The van der Waals surface area contributed by atoms with Crippen molar-refractivity contribution in [2.45, 2.75) is 12.8 Å². The van der Waals surface area contributed by atoms with Crippen LogP contribution in [0.4, 0.5) is 11.4 Å². The topological polar surface area (TPSA) is 50.9 Å². The second-order valence-corrected chi connectivity index (χ2v) is 4.26. The summed E-state index contributed by atoms with van der Waals surface area (Å²) in [4.78, 5) is 3.98. The Bertz CT molecular complexity index is 289. The number of nitrogens with zero attached hydrogens (tertiary/aromatic N) is 1. The van der Waals surface area contributed by atoms with Gasteiger partial charge in [0.2, 0.25) is 0 Å². The van der Waals surface area contributed by atoms with Crippen molar-refractivity contribution in [1.29, 1.82) is 0 Å². The third-order valence-electron chi connectivity index (χ3n) is 2.19. The van der Waals surface area contributed by atoms with Crippen LogP contribution in [0.25, 0.3) is 0 Å². The zero-order chi connectivity index (χ0) is 9.26. The van der Waals surface area contributed by atoms with Gasteiger partial charge in [-0.05, 0) is 34.7 Å². The first-order valence-corrected chi connectivity index (χ1v) is 5.19. The molecule has 0 amide bonds. The summed E-state index contributed by atoms with van der Waals surface area (Å²) in [6.07, 6.45) is 6.11. The molecular weight excluding hydrogens is 230 g/mol. The normalized spacial score (nSPS) is 15.8. The van der Waals surface area contributed by atoms with Gasteiger partial charge in [0.15, 0.2) is 0 Å². The van der Waals surface area contributed by atoms with E-state index in [9.17, 15) is 0 Å². The van der Waals surface area contributed by atoms with Crippen LogP contribution < -0.4 is 11.1 Å². The van der Waals surface area contributed by atoms with Crippen molar-refractivity contribution in [2.24, 2.45) is 5.92 Å². The number of rotatable bonds is 3. The summed E-state index contributed by atoms with van der Waals surface area (Å²) in [6.45, 7) is 1.02. The molecule has 2 rings (SSSR count). The molecule has 1 aromatic rings. The van der Waals surface area contributed by atoms with Crippen molar-refractivity contribution < 1.29 is 0 Å². The van der Waals surface area contributed by atoms with Crippen LogP contribution in [0.5, 0.6) is 0 Å². The Hall–Kier alpha value is -0.770. The minimum absolute atomic E-state index is 0.704. The average Bonchev–Trinajstić information content (AvgIpc) is 2.87. The summed E-state index contributed by atoms with van der Waals surface area (Å²) in [5.74, 6) is 0.847. The van der Waals surface area contributed by atoms with E-state index in [0.717, 1.165) is 22.6 Å². The van der Waals surface area contributed by atoms with Crippen molar-refractivity contribution in [3.8, 4) is 0 Å². The van der Waals surface area contributed by atoms with Gasteiger partial charge in [0.05, 0.1) is 22.0 Å². The van der Waals surface area contributed by atoms with Crippen LogP contribution in [0, 0.1) is 5.92 Å². The first-order chi connectivity index (χ1) is 6.27. The third-order valence-corrected chi connectivity index (χ3v) is 2.79. The lowest BCUT2D eigenvalue weighted by Crippen LogP contribution is -2.06. The maximum Gasteiger partial charge on any atom is 0.0750 e. The van der Waals surface area contributed by atoms with Gasteiger partial charge in [-0.1, -0.05) is 0 Å². The molecule has 0 bridgehead atoms. The summed E-state index contributed by atoms with van der Waals surface area (Å²) in [5, 5.41) is 3.33. The molecule has 1 aliphatic rings. The lowest BCUT2D eigenvalue weighted by molar-refractivity contribution is 0.888. The van der Waals surface area contributed by atoms with Crippen molar-refractivity contribution in [3.05, 3.63) is 16.9 Å². The van der Waals surface area contributed by atoms with Gasteiger partial charge in [-0.3, -0.25) is 4.98 Å². The van der Waals surface area contributed by atoms with Gasteiger partial charge in [-0.15, -0.1) is 0 Å². The lowest BCUT2D eigenvalue weighted by atomic mass is 10.3. The summed E-state index contributed by atoms with van der Waals surface area (Å²) in [7, 11) is 0. The van der Waals surface area contributed by atoms with Gasteiger partial charge in [-0.25, -0.2) is 0 Å². The number of nitrogens with one attached hydrogen (secondary N) is 1. The Morgan fingerprint density at radius 3 is 2.92 bits per heavy atom. The van der Waals surface area contributed by atoms with Crippen LogP contribution in [-0.4, -0.2) is 11.5 Å². The van der Waals surface area contributed by atoms with Gasteiger partial charge in [-0.2, -0.15) is 0 Å². The van der Waals surface area contributed by atoms with Crippen molar-refractivity contribution in [2.75, 3.05) is 17.6 Å². The summed E-state index contributed by atoms with van der Waals surface area (Å²) in [6, 6.07) is 0. The molecule has 13 heavy (non-hydrogen) atoms. The number of pyridine rings is 1. The van der Waals surface area contributed by atoms with E-state index in [-0.39, 0.29) is 0 Å². The molecule has 1 heterocycles. The highest BCUT2D eigenvalue weighted by Gasteiger charge is 2.21. The number of halogens is 1. The standard InChI is InChI=1S/C9H12BrN3/c10-7-4-12-5-8(11)9(7)13-3-6-1-2-6/h4-6H,1-3,11H2,(H,12,13). The highest BCUT2D eigenvalue weighted by atomic mass is 79.9. The predicted molar refractivity (Wildman–Crippen MR) is 57.6 cm³/mol. The molecule has 0 radical (unpaired) electrons. The van der Waals surface area contributed by atoms with Gasteiger partial charge in [0, 0.05) is 12.7 Å². The highest BCUT2D eigenvalue weighted by molar-refractivity contribution is 9.10. The summed E-state index contributed by atoms with van der Waals surface area (Å²) >= 11 is 3.41. The molecule has 0 atom stereocenters. The van der Waals surface area contributed by atoms with E-state index in [2.05, 4.69) is 26.2 Å². The Morgan fingerprint density at radius 2 is 2.31 bits per heavy atom. The summed E-state index contributed by atoms with van der Waals surface area (Å²) < 4.78 is 0.938.